The molecule has 0 aliphatic heterocycles. The van der Waals surface area contributed by atoms with Crippen LogP contribution in [0.5, 0.6) is 0 Å². The fourth-order valence-electron chi connectivity index (χ4n) is 3.20. The lowest BCUT2D eigenvalue weighted by atomic mass is 10.1. The van der Waals surface area contributed by atoms with Gasteiger partial charge in [0.05, 0.1) is 0 Å². The first-order chi connectivity index (χ1) is 12.7. The van der Waals surface area contributed by atoms with Gasteiger partial charge in [0.25, 0.3) is 0 Å². The van der Waals surface area contributed by atoms with Crippen LogP contribution in [-0.2, 0) is 8.85 Å². The quantitative estimate of drug-likeness (QED) is 0.385. The van der Waals surface area contributed by atoms with Crippen LogP contribution in [0.25, 0.3) is 0 Å². The molecule has 0 saturated heterocycles. The van der Waals surface area contributed by atoms with E-state index in [1.807, 2.05) is 0 Å². The van der Waals surface area contributed by atoms with E-state index >= 15 is 0 Å². The van der Waals surface area contributed by atoms with Gasteiger partial charge >= 0.3 is 8.56 Å². The van der Waals surface area contributed by atoms with Crippen LogP contribution in [0.15, 0.2) is 60.7 Å². The zero-order chi connectivity index (χ0) is 18.7. The molecule has 26 heavy (non-hydrogen) atoms. The van der Waals surface area contributed by atoms with Crippen molar-refractivity contribution in [3.8, 4) is 0 Å². The van der Waals surface area contributed by atoms with Crippen molar-refractivity contribution < 1.29 is 8.85 Å². The average Bonchev–Trinajstić information content (AvgIpc) is 2.69. The van der Waals surface area contributed by atoms with Gasteiger partial charge in [-0.2, -0.15) is 0 Å². The highest BCUT2D eigenvalue weighted by Gasteiger charge is 2.43. The van der Waals surface area contributed by atoms with Crippen LogP contribution in [0.1, 0.15) is 59.3 Å². The van der Waals surface area contributed by atoms with Crippen molar-refractivity contribution in [2.45, 2.75) is 65.4 Å². The SMILES string of the molecule is CCCCCC(C)O[Si](OCCCC)(c1ccccc1)c1ccccc1. The molecule has 0 heterocycles. The zero-order valence-corrected chi connectivity index (χ0v) is 17.6. The minimum atomic E-state index is -2.71. The van der Waals surface area contributed by atoms with Crippen LogP contribution in [0.4, 0.5) is 0 Å². The highest BCUT2D eigenvalue weighted by molar-refractivity contribution is 6.92. The smallest absolute Gasteiger partial charge is 0.388 e. The number of hydrogen-bond donors (Lipinski definition) is 0. The van der Waals surface area contributed by atoms with Gasteiger partial charge in [-0.1, -0.05) is 100 Å². The van der Waals surface area contributed by atoms with Crippen LogP contribution < -0.4 is 10.4 Å². The summed E-state index contributed by atoms with van der Waals surface area (Å²) in [4.78, 5) is 0. The Kier molecular flexibility index (Phi) is 9.10. The number of hydrogen-bond acceptors (Lipinski definition) is 2. The van der Waals surface area contributed by atoms with Crippen molar-refractivity contribution in [3.05, 3.63) is 60.7 Å². The van der Waals surface area contributed by atoms with E-state index in [1.54, 1.807) is 0 Å². The predicted molar refractivity (Wildman–Crippen MR) is 113 cm³/mol. The molecule has 0 aliphatic carbocycles. The van der Waals surface area contributed by atoms with Gasteiger partial charge in [-0.05, 0) is 30.1 Å². The molecule has 1 atom stereocenters. The molecule has 2 aromatic rings. The molecule has 0 aromatic heterocycles. The van der Waals surface area contributed by atoms with E-state index in [9.17, 15) is 0 Å². The van der Waals surface area contributed by atoms with Gasteiger partial charge in [-0.25, -0.2) is 0 Å². The third-order valence-electron chi connectivity index (χ3n) is 4.69. The molecule has 142 valence electrons. The summed E-state index contributed by atoms with van der Waals surface area (Å²) in [5.74, 6) is 0. The van der Waals surface area contributed by atoms with Crippen molar-refractivity contribution in [1.29, 1.82) is 0 Å². The summed E-state index contributed by atoms with van der Waals surface area (Å²) in [6, 6.07) is 21.2. The van der Waals surface area contributed by atoms with E-state index in [2.05, 4.69) is 81.4 Å². The molecule has 1 unspecified atom stereocenters. The van der Waals surface area contributed by atoms with Gasteiger partial charge in [0, 0.05) is 12.7 Å². The molecule has 0 aliphatic rings. The van der Waals surface area contributed by atoms with Gasteiger partial charge in [-0.3, -0.25) is 0 Å². The first kappa shape index (κ1) is 20.9. The summed E-state index contributed by atoms with van der Waals surface area (Å²) in [6.45, 7) is 7.39. The van der Waals surface area contributed by atoms with Gasteiger partial charge in [0.1, 0.15) is 0 Å². The Labute approximate surface area is 160 Å². The first-order valence-corrected chi connectivity index (χ1v) is 12.0. The summed E-state index contributed by atoms with van der Waals surface area (Å²) in [6.07, 6.45) is 7.16. The van der Waals surface area contributed by atoms with E-state index in [1.165, 1.54) is 29.6 Å². The summed E-state index contributed by atoms with van der Waals surface area (Å²) in [5.41, 5.74) is 0. The van der Waals surface area contributed by atoms with E-state index in [0.717, 1.165) is 25.9 Å². The highest BCUT2D eigenvalue weighted by Crippen LogP contribution is 2.17. The summed E-state index contributed by atoms with van der Waals surface area (Å²) in [5, 5.41) is 2.40. The Morgan fingerprint density at radius 3 is 1.81 bits per heavy atom. The molecule has 0 spiro atoms. The number of unbranched alkanes of at least 4 members (excludes halogenated alkanes) is 3. The van der Waals surface area contributed by atoms with Crippen molar-refractivity contribution in [2.24, 2.45) is 0 Å². The molecule has 2 aromatic carbocycles. The highest BCUT2D eigenvalue weighted by atomic mass is 28.4. The van der Waals surface area contributed by atoms with Gasteiger partial charge in [0.2, 0.25) is 0 Å². The minimum Gasteiger partial charge on any atom is -0.388 e. The molecule has 0 radical (unpaired) electrons. The molecule has 0 bridgehead atoms. The standard InChI is InChI=1S/C23H34O2Si/c1-4-6-10-15-21(3)25-26(24-20-7-5-2,22-16-11-8-12-17-22)23-18-13-9-14-19-23/h8-9,11-14,16-19,21H,4-7,10,15,20H2,1-3H3. The second-order valence-electron chi connectivity index (χ2n) is 6.97. The van der Waals surface area contributed by atoms with Crippen LogP contribution in [-0.4, -0.2) is 21.3 Å². The Balaban J connectivity index is 2.36. The number of rotatable bonds is 12. The Hall–Kier alpha value is -1.42. The van der Waals surface area contributed by atoms with Crippen LogP contribution in [0.2, 0.25) is 0 Å². The lowest BCUT2D eigenvalue weighted by molar-refractivity contribution is 0.132. The maximum absolute atomic E-state index is 6.82. The molecule has 3 heteroatoms. The maximum atomic E-state index is 6.82. The molecular formula is C23H34O2Si. The Morgan fingerprint density at radius 1 is 0.769 bits per heavy atom. The van der Waals surface area contributed by atoms with E-state index < -0.39 is 8.56 Å². The molecule has 2 nitrogen and oxygen atoms in total. The van der Waals surface area contributed by atoms with Gasteiger partial charge in [0.15, 0.2) is 0 Å². The minimum absolute atomic E-state index is 0.190. The third-order valence-corrected chi connectivity index (χ3v) is 8.22. The summed E-state index contributed by atoms with van der Waals surface area (Å²) in [7, 11) is -2.71. The zero-order valence-electron chi connectivity index (χ0n) is 16.6. The van der Waals surface area contributed by atoms with Crippen molar-refractivity contribution in [2.75, 3.05) is 6.61 Å². The van der Waals surface area contributed by atoms with Crippen molar-refractivity contribution >= 4 is 18.9 Å². The fourth-order valence-corrected chi connectivity index (χ4v) is 6.59. The summed E-state index contributed by atoms with van der Waals surface area (Å²) < 4.78 is 13.5. The second-order valence-corrected chi connectivity index (χ2v) is 9.89. The van der Waals surface area contributed by atoms with Gasteiger partial charge in [-0.15, -0.1) is 0 Å². The first-order valence-electron chi connectivity index (χ1n) is 10.2. The summed E-state index contributed by atoms with van der Waals surface area (Å²) >= 11 is 0. The normalized spacial score (nSPS) is 12.9. The lowest BCUT2D eigenvalue weighted by Crippen LogP contribution is -2.64. The van der Waals surface area contributed by atoms with Crippen LogP contribution in [0.3, 0.4) is 0 Å². The maximum Gasteiger partial charge on any atom is 0.407 e. The Bertz CT molecular complexity index is 561. The monoisotopic (exact) mass is 370 g/mol. The third kappa shape index (κ3) is 5.80. The molecule has 0 saturated carbocycles. The number of benzene rings is 2. The molecule has 0 amide bonds. The van der Waals surface area contributed by atoms with E-state index in [-0.39, 0.29) is 6.10 Å². The largest absolute Gasteiger partial charge is 0.407 e. The van der Waals surface area contributed by atoms with Crippen molar-refractivity contribution in [1.82, 2.24) is 0 Å². The predicted octanol–water partition coefficient (Wildman–Crippen LogP) is 5.05. The van der Waals surface area contributed by atoms with Crippen LogP contribution >= 0.6 is 0 Å². The molecule has 0 fully saturated rings. The lowest BCUT2D eigenvalue weighted by Gasteiger charge is -2.34. The second kappa shape index (κ2) is 11.3. The molecule has 0 N–H and O–H groups in total. The Morgan fingerprint density at radius 2 is 1.31 bits per heavy atom. The fraction of sp³-hybridized carbons (Fsp3) is 0.478. The molecule has 2 rings (SSSR count). The van der Waals surface area contributed by atoms with Crippen LogP contribution in [0, 0.1) is 0 Å². The average molecular weight is 371 g/mol. The van der Waals surface area contributed by atoms with E-state index in [4.69, 9.17) is 8.85 Å². The van der Waals surface area contributed by atoms with E-state index in [0.29, 0.717) is 0 Å². The topological polar surface area (TPSA) is 18.5 Å². The van der Waals surface area contributed by atoms with Gasteiger partial charge < -0.3 is 8.85 Å². The van der Waals surface area contributed by atoms with Crippen molar-refractivity contribution in [3.63, 3.8) is 0 Å². The molecular weight excluding hydrogens is 336 g/mol.